The molecule has 92 valence electrons. The topological polar surface area (TPSA) is 46.2 Å². The average molecular weight is 233 g/mol. The van der Waals surface area contributed by atoms with E-state index in [0.29, 0.717) is 13.0 Å². The number of carbonyl (C=O) groups is 2. The van der Waals surface area contributed by atoms with Crippen LogP contribution in [0.4, 0.5) is 0 Å². The van der Waals surface area contributed by atoms with Crippen LogP contribution in [0.25, 0.3) is 0 Å². The van der Waals surface area contributed by atoms with Crippen molar-refractivity contribution < 1.29 is 9.59 Å². The third-order valence-corrected chi connectivity index (χ3v) is 2.68. The normalized spacial score (nSPS) is 10.1. The molecule has 0 fully saturated rings. The number of hydrogen-bond donors (Lipinski definition) is 1. The monoisotopic (exact) mass is 233 g/mol. The number of Topliss-reactive ketones (excluding diaryl/α,β-unsaturated/α-hetero) is 1. The van der Waals surface area contributed by atoms with Crippen molar-refractivity contribution in [3.8, 4) is 0 Å². The minimum absolute atomic E-state index is 0.0478. The molecule has 1 aromatic rings. The van der Waals surface area contributed by atoms with E-state index in [1.807, 2.05) is 26.0 Å². The largest absolute Gasteiger partial charge is 0.352 e. The minimum Gasteiger partial charge on any atom is -0.352 e. The summed E-state index contributed by atoms with van der Waals surface area (Å²) in [5.41, 5.74) is 3.51. The van der Waals surface area contributed by atoms with E-state index in [4.69, 9.17) is 0 Å². The number of rotatable bonds is 5. The van der Waals surface area contributed by atoms with E-state index in [-0.39, 0.29) is 18.1 Å². The fourth-order valence-corrected chi connectivity index (χ4v) is 1.62. The van der Waals surface area contributed by atoms with E-state index in [1.165, 1.54) is 18.1 Å². The molecule has 0 heterocycles. The lowest BCUT2D eigenvalue weighted by atomic mass is 10.1. The number of benzene rings is 1. The number of carbonyl (C=O) groups excluding carboxylic acids is 2. The Morgan fingerprint density at radius 3 is 2.47 bits per heavy atom. The van der Waals surface area contributed by atoms with E-state index in [0.717, 1.165) is 5.56 Å². The molecule has 3 heteroatoms. The summed E-state index contributed by atoms with van der Waals surface area (Å²) >= 11 is 0. The van der Waals surface area contributed by atoms with Crippen molar-refractivity contribution in [1.29, 1.82) is 0 Å². The molecule has 0 atom stereocenters. The molecule has 0 spiro atoms. The first-order chi connectivity index (χ1) is 7.99. The molecular formula is C14H19NO2. The molecule has 0 radical (unpaired) electrons. The number of amides is 1. The van der Waals surface area contributed by atoms with E-state index in [2.05, 4.69) is 11.4 Å². The molecule has 0 aliphatic rings. The minimum atomic E-state index is -0.0693. The van der Waals surface area contributed by atoms with Crippen molar-refractivity contribution in [2.75, 3.05) is 0 Å². The van der Waals surface area contributed by atoms with Crippen LogP contribution in [-0.4, -0.2) is 11.7 Å². The van der Waals surface area contributed by atoms with Gasteiger partial charge in [0.05, 0.1) is 0 Å². The Labute approximate surface area is 102 Å². The van der Waals surface area contributed by atoms with Gasteiger partial charge in [-0.25, -0.2) is 0 Å². The lowest BCUT2D eigenvalue weighted by Crippen LogP contribution is -2.23. The number of ketones is 1. The van der Waals surface area contributed by atoms with Crippen LogP contribution in [-0.2, 0) is 16.1 Å². The summed E-state index contributed by atoms with van der Waals surface area (Å²) in [5, 5.41) is 2.82. The fraction of sp³-hybridized carbons (Fsp3) is 0.429. The van der Waals surface area contributed by atoms with Crippen molar-refractivity contribution in [3.05, 3.63) is 34.9 Å². The zero-order chi connectivity index (χ0) is 12.8. The van der Waals surface area contributed by atoms with E-state index < -0.39 is 0 Å². The zero-order valence-corrected chi connectivity index (χ0v) is 10.7. The second kappa shape index (κ2) is 6.18. The van der Waals surface area contributed by atoms with Gasteiger partial charge in [-0.2, -0.15) is 0 Å². The van der Waals surface area contributed by atoms with Crippen molar-refractivity contribution in [3.63, 3.8) is 0 Å². The Balaban J connectivity index is 2.44. The molecule has 0 aliphatic heterocycles. The molecular weight excluding hydrogens is 214 g/mol. The van der Waals surface area contributed by atoms with Crippen molar-refractivity contribution in [2.24, 2.45) is 0 Å². The van der Waals surface area contributed by atoms with Gasteiger partial charge in [0.15, 0.2) is 0 Å². The summed E-state index contributed by atoms with van der Waals surface area (Å²) in [6, 6.07) is 6.15. The predicted octanol–water partition coefficient (Wildman–Crippen LogP) is 2.29. The van der Waals surface area contributed by atoms with Crippen LogP contribution in [0.1, 0.15) is 36.5 Å². The number of nitrogens with one attached hydrogen (secondary N) is 1. The van der Waals surface area contributed by atoms with Crippen LogP contribution >= 0.6 is 0 Å². The molecule has 0 saturated carbocycles. The highest BCUT2D eigenvalue weighted by Gasteiger charge is 2.04. The number of hydrogen-bond acceptors (Lipinski definition) is 2. The lowest BCUT2D eigenvalue weighted by molar-refractivity contribution is -0.124. The Morgan fingerprint density at radius 2 is 1.88 bits per heavy atom. The molecule has 0 aromatic heterocycles. The van der Waals surface area contributed by atoms with Crippen LogP contribution in [0, 0.1) is 13.8 Å². The molecule has 1 rings (SSSR count). The van der Waals surface area contributed by atoms with Gasteiger partial charge in [-0.1, -0.05) is 23.8 Å². The van der Waals surface area contributed by atoms with Gasteiger partial charge in [0.1, 0.15) is 5.78 Å². The zero-order valence-electron chi connectivity index (χ0n) is 10.7. The smallest absolute Gasteiger partial charge is 0.220 e. The quantitative estimate of drug-likeness (QED) is 0.848. The lowest BCUT2D eigenvalue weighted by Gasteiger charge is -2.08. The van der Waals surface area contributed by atoms with Crippen molar-refractivity contribution in [1.82, 2.24) is 5.32 Å². The third-order valence-electron chi connectivity index (χ3n) is 2.68. The second-order valence-corrected chi connectivity index (χ2v) is 4.41. The maximum absolute atomic E-state index is 11.4. The Hall–Kier alpha value is -1.64. The number of aryl methyl sites for hydroxylation is 2. The summed E-state index contributed by atoms with van der Waals surface area (Å²) < 4.78 is 0. The third kappa shape index (κ3) is 4.81. The molecule has 17 heavy (non-hydrogen) atoms. The molecule has 3 nitrogen and oxygen atoms in total. The first kappa shape index (κ1) is 13.4. The maximum Gasteiger partial charge on any atom is 0.220 e. The molecule has 0 unspecified atom stereocenters. The molecule has 1 N–H and O–H groups in total. The van der Waals surface area contributed by atoms with E-state index >= 15 is 0 Å². The highest BCUT2D eigenvalue weighted by atomic mass is 16.2. The van der Waals surface area contributed by atoms with Crippen LogP contribution in [0.2, 0.25) is 0 Å². The Kier molecular flexibility index (Phi) is 4.88. The van der Waals surface area contributed by atoms with Crippen molar-refractivity contribution >= 4 is 11.7 Å². The predicted molar refractivity (Wildman–Crippen MR) is 67.7 cm³/mol. The van der Waals surface area contributed by atoms with Crippen LogP contribution in [0.3, 0.4) is 0 Å². The first-order valence-electron chi connectivity index (χ1n) is 5.81. The standard InChI is InChI=1S/C14H19NO2/c1-10-4-6-13(11(2)8-10)9-15-14(17)7-5-12(3)16/h4,6,8H,5,7,9H2,1-3H3,(H,15,17). The molecule has 1 aromatic carbocycles. The van der Waals surface area contributed by atoms with Gasteiger partial charge < -0.3 is 10.1 Å². The van der Waals surface area contributed by atoms with Gasteiger partial charge in [-0.05, 0) is 31.9 Å². The summed E-state index contributed by atoms with van der Waals surface area (Å²) in [4.78, 5) is 22.2. The van der Waals surface area contributed by atoms with Gasteiger partial charge in [0.25, 0.3) is 0 Å². The van der Waals surface area contributed by atoms with E-state index in [1.54, 1.807) is 0 Å². The summed E-state index contributed by atoms with van der Waals surface area (Å²) in [7, 11) is 0. The van der Waals surface area contributed by atoms with Gasteiger partial charge >= 0.3 is 0 Å². The Bertz CT molecular complexity index is 424. The van der Waals surface area contributed by atoms with Crippen LogP contribution in [0.5, 0.6) is 0 Å². The average Bonchev–Trinajstić information content (AvgIpc) is 2.25. The van der Waals surface area contributed by atoms with Crippen LogP contribution in [0.15, 0.2) is 18.2 Å². The molecule has 0 saturated heterocycles. The van der Waals surface area contributed by atoms with Gasteiger partial charge in [0.2, 0.25) is 5.91 Å². The van der Waals surface area contributed by atoms with Gasteiger partial charge in [0, 0.05) is 19.4 Å². The highest BCUT2D eigenvalue weighted by molar-refractivity contribution is 5.83. The fourth-order valence-electron chi connectivity index (χ4n) is 1.62. The Morgan fingerprint density at radius 1 is 1.18 bits per heavy atom. The maximum atomic E-state index is 11.4. The molecule has 0 bridgehead atoms. The molecule has 1 amide bonds. The summed E-state index contributed by atoms with van der Waals surface area (Å²) in [6.45, 7) is 6.10. The van der Waals surface area contributed by atoms with E-state index in [9.17, 15) is 9.59 Å². The summed E-state index contributed by atoms with van der Waals surface area (Å²) in [5.74, 6) is -0.0214. The van der Waals surface area contributed by atoms with Crippen LogP contribution < -0.4 is 5.32 Å². The second-order valence-electron chi connectivity index (χ2n) is 4.41. The summed E-state index contributed by atoms with van der Waals surface area (Å²) in [6.07, 6.45) is 0.596. The first-order valence-corrected chi connectivity index (χ1v) is 5.81. The van der Waals surface area contributed by atoms with Gasteiger partial charge in [-0.15, -0.1) is 0 Å². The molecule has 0 aliphatic carbocycles. The van der Waals surface area contributed by atoms with Gasteiger partial charge in [-0.3, -0.25) is 4.79 Å². The highest BCUT2D eigenvalue weighted by Crippen LogP contribution is 2.10. The van der Waals surface area contributed by atoms with Crippen molar-refractivity contribution in [2.45, 2.75) is 40.2 Å². The SMILES string of the molecule is CC(=O)CCC(=O)NCc1ccc(C)cc1C.